The number of rotatable bonds is 1. The Morgan fingerprint density at radius 2 is 2.25 bits per heavy atom. The largest absolute Gasteiger partial charge is 0.310 e. The van der Waals surface area contributed by atoms with Crippen LogP contribution in [-0.4, -0.2) is 36.6 Å². The fourth-order valence-corrected chi connectivity index (χ4v) is 2.61. The Kier molecular flexibility index (Phi) is 2.37. The highest BCUT2D eigenvalue weighted by atomic mass is 15.2. The highest BCUT2D eigenvalue weighted by Gasteiger charge is 2.37. The molecule has 2 saturated heterocycles. The number of likely N-dealkylation sites (tertiary alicyclic amines) is 1. The number of nitrogens with zero attached hydrogens (tertiary/aromatic N) is 1. The van der Waals surface area contributed by atoms with Gasteiger partial charge in [-0.2, -0.15) is 0 Å². The molecule has 1 atom stereocenters. The molecule has 0 saturated carbocycles. The predicted molar refractivity (Wildman–Crippen MR) is 51.3 cm³/mol. The van der Waals surface area contributed by atoms with Crippen molar-refractivity contribution in [3.63, 3.8) is 0 Å². The van der Waals surface area contributed by atoms with Crippen molar-refractivity contribution in [1.29, 1.82) is 0 Å². The van der Waals surface area contributed by atoms with Gasteiger partial charge < -0.3 is 10.2 Å². The van der Waals surface area contributed by atoms with E-state index in [-0.39, 0.29) is 0 Å². The second-order valence-corrected chi connectivity index (χ2v) is 4.28. The molecular formula is C10H20N2. The lowest BCUT2D eigenvalue weighted by Gasteiger charge is -2.34. The Morgan fingerprint density at radius 3 is 2.83 bits per heavy atom. The maximum Gasteiger partial charge on any atom is 0.0320 e. The molecular weight excluding hydrogens is 148 g/mol. The van der Waals surface area contributed by atoms with E-state index in [1.165, 1.54) is 51.9 Å². The van der Waals surface area contributed by atoms with E-state index in [2.05, 4.69) is 17.1 Å². The minimum atomic E-state index is 0.522. The topological polar surface area (TPSA) is 15.3 Å². The summed E-state index contributed by atoms with van der Waals surface area (Å²) < 4.78 is 0. The van der Waals surface area contributed by atoms with E-state index < -0.39 is 0 Å². The summed E-state index contributed by atoms with van der Waals surface area (Å²) in [6.45, 7) is 7.34. The van der Waals surface area contributed by atoms with E-state index in [0.717, 1.165) is 0 Å². The lowest BCUT2D eigenvalue weighted by Crippen LogP contribution is -2.50. The van der Waals surface area contributed by atoms with E-state index in [4.69, 9.17) is 0 Å². The van der Waals surface area contributed by atoms with Gasteiger partial charge in [0.25, 0.3) is 0 Å². The molecule has 0 bridgehead atoms. The average molecular weight is 168 g/mol. The van der Waals surface area contributed by atoms with Crippen molar-refractivity contribution >= 4 is 0 Å². The smallest absolute Gasteiger partial charge is 0.0320 e. The molecule has 1 unspecified atom stereocenters. The first-order chi connectivity index (χ1) is 5.85. The molecule has 70 valence electrons. The molecule has 2 aliphatic rings. The van der Waals surface area contributed by atoms with Crippen LogP contribution in [-0.2, 0) is 0 Å². The molecule has 0 aromatic rings. The first-order valence-electron chi connectivity index (χ1n) is 5.32. The van der Waals surface area contributed by atoms with Gasteiger partial charge >= 0.3 is 0 Å². The van der Waals surface area contributed by atoms with E-state index in [1.54, 1.807) is 0 Å². The molecule has 2 aliphatic heterocycles. The Morgan fingerprint density at radius 1 is 1.33 bits per heavy atom. The fraction of sp³-hybridized carbons (Fsp3) is 1.00. The highest BCUT2D eigenvalue weighted by molar-refractivity contribution is 4.98. The number of hydrogen-bond acceptors (Lipinski definition) is 2. The average Bonchev–Trinajstić information content (AvgIpc) is 2.50. The van der Waals surface area contributed by atoms with Gasteiger partial charge in [-0.3, -0.25) is 0 Å². The van der Waals surface area contributed by atoms with Gasteiger partial charge in [-0.15, -0.1) is 0 Å². The third-order valence-electron chi connectivity index (χ3n) is 3.46. The van der Waals surface area contributed by atoms with Crippen LogP contribution in [0.25, 0.3) is 0 Å². The maximum absolute atomic E-state index is 3.72. The summed E-state index contributed by atoms with van der Waals surface area (Å²) in [5.41, 5.74) is 0.522. The molecule has 1 spiro atoms. The maximum atomic E-state index is 3.72. The van der Waals surface area contributed by atoms with Crippen molar-refractivity contribution in [1.82, 2.24) is 10.2 Å². The van der Waals surface area contributed by atoms with Crippen molar-refractivity contribution in [2.45, 2.75) is 38.1 Å². The van der Waals surface area contributed by atoms with Crippen LogP contribution in [0.15, 0.2) is 0 Å². The van der Waals surface area contributed by atoms with Crippen LogP contribution in [0, 0.1) is 0 Å². The van der Waals surface area contributed by atoms with E-state index in [0.29, 0.717) is 5.54 Å². The summed E-state index contributed by atoms with van der Waals surface area (Å²) >= 11 is 0. The van der Waals surface area contributed by atoms with Gasteiger partial charge in [0.15, 0.2) is 0 Å². The highest BCUT2D eigenvalue weighted by Crippen LogP contribution is 2.29. The lowest BCUT2D eigenvalue weighted by molar-refractivity contribution is 0.242. The Labute approximate surface area is 75.3 Å². The fourth-order valence-electron chi connectivity index (χ4n) is 2.61. The third-order valence-corrected chi connectivity index (χ3v) is 3.46. The van der Waals surface area contributed by atoms with Gasteiger partial charge in [0.1, 0.15) is 0 Å². The summed E-state index contributed by atoms with van der Waals surface area (Å²) in [6, 6.07) is 0. The van der Waals surface area contributed by atoms with Crippen LogP contribution in [0.1, 0.15) is 32.6 Å². The number of nitrogens with one attached hydrogen (secondary N) is 1. The van der Waals surface area contributed by atoms with E-state index >= 15 is 0 Å². The van der Waals surface area contributed by atoms with Gasteiger partial charge in [0, 0.05) is 12.1 Å². The van der Waals surface area contributed by atoms with Crippen LogP contribution in [0.3, 0.4) is 0 Å². The van der Waals surface area contributed by atoms with Gasteiger partial charge in [-0.25, -0.2) is 0 Å². The summed E-state index contributed by atoms with van der Waals surface area (Å²) in [5.74, 6) is 0. The molecule has 0 radical (unpaired) electrons. The minimum absolute atomic E-state index is 0.522. The van der Waals surface area contributed by atoms with Gasteiger partial charge in [0.05, 0.1) is 0 Å². The Balaban J connectivity index is 1.94. The molecule has 0 aromatic heterocycles. The van der Waals surface area contributed by atoms with Crippen molar-refractivity contribution in [3.8, 4) is 0 Å². The lowest BCUT2D eigenvalue weighted by atomic mass is 9.88. The molecule has 2 nitrogen and oxygen atoms in total. The first-order valence-corrected chi connectivity index (χ1v) is 5.32. The van der Waals surface area contributed by atoms with Crippen LogP contribution in [0.5, 0.6) is 0 Å². The summed E-state index contributed by atoms with van der Waals surface area (Å²) in [4.78, 5) is 2.57. The monoisotopic (exact) mass is 168 g/mol. The molecule has 2 heteroatoms. The van der Waals surface area contributed by atoms with Crippen LogP contribution in [0.2, 0.25) is 0 Å². The van der Waals surface area contributed by atoms with Crippen molar-refractivity contribution in [2.75, 3.05) is 26.2 Å². The zero-order valence-electron chi connectivity index (χ0n) is 8.10. The van der Waals surface area contributed by atoms with E-state index in [1.807, 2.05) is 0 Å². The molecule has 2 rings (SSSR count). The standard InChI is InChI=1S/C10H20N2/c1-2-12-8-6-10(9-12)5-3-4-7-11-10/h11H,2-9H2,1H3. The second kappa shape index (κ2) is 3.35. The summed E-state index contributed by atoms with van der Waals surface area (Å²) in [6.07, 6.45) is 5.60. The SMILES string of the molecule is CCN1CCC2(CCCCN2)C1. The molecule has 0 aliphatic carbocycles. The normalized spacial score (nSPS) is 37.8. The molecule has 0 amide bonds. The number of likely N-dealkylation sites (N-methyl/N-ethyl adjacent to an activating group) is 1. The first kappa shape index (κ1) is 8.52. The Bertz CT molecular complexity index is 150. The third kappa shape index (κ3) is 1.50. The minimum Gasteiger partial charge on any atom is -0.310 e. The van der Waals surface area contributed by atoms with Crippen LogP contribution < -0.4 is 5.32 Å². The van der Waals surface area contributed by atoms with Gasteiger partial charge in [-0.05, 0) is 38.9 Å². The molecule has 12 heavy (non-hydrogen) atoms. The zero-order chi connectivity index (χ0) is 8.44. The quantitative estimate of drug-likeness (QED) is 0.633. The molecule has 2 fully saturated rings. The van der Waals surface area contributed by atoms with Crippen molar-refractivity contribution < 1.29 is 0 Å². The van der Waals surface area contributed by atoms with Crippen molar-refractivity contribution in [2.24, 2.45) is 0 Å². The van der Waals surface area contributed by atoms with Crippen LogP contribution >= 0.6 is 0 Å². The van der Waals surface area contributed by atoms with E-state index in [9.17, 15) is 0 Å². The Hall–Kier alpha value is -0.0800. The number of hydrogen-bond donors (Lipinski definition) is 1. The summed E-state index contributed by atoms with van der Waals surface area (Å²) in [5, 5.41) is 3.72. The predicted octanol–water partition coefficient (Wildman–Crippen LogP) is 1.22. The van der Waals surface area contributed by atoms with Gasteiger partial charge in [0.2, 0.25) is 0 Å². The van der Waals surface area contributed by atoms with Crippen molar-refractivity contribution in [3.05, 3.63) is 0 Å². The molecule has 0 aromatic carbocycles. The molecule has 1 N–H and O–H groups in total. The van der Waals surface area contributed by atoms with Gasteiger partial charge in [-0.1, -0.05) is 13.3 Å². The zero-order valence-corrected chi connectivity index (χ0v) is 8.10. The van der Waals surface area contributed by atoms with Crippen LogP contribution in [0.4, 0.5) is 0 Å². The molecule has 2 heterocycles. The summed E-state index contributed by atoms with van der Waals surface area (Å²) in [7, 11) is 0. The number of piperidine rings is 1. The second-order valence-electron chi connectivity index (χ2n) is 4.28.